The molecule has 1 aliphatic heterocycles. The molecular weight excluding hydrogens is 324 g/mol. The number of hydrogen-bond acceptors (Lipinski definition) is 2. The van der Waals surface area contributed by atoms with Crippen LogP contribution in [0.25, 0.3) is 11.1 Å². The predicted molar refractivity (Wildman–Crippen MR) is 101 cm³/mol. The predicted octanol–water partition coefficient (Wildman–Crippen LogP) is 3.45. The van der Waals surface area contributed by atoms with Gasteiger partial charge in [-0.05, 0) is 59.6 Å². The minimum absolute atomic E-state index is 0.0351. The molecule has 2 aromatic rings. The monoisotopic (exact) mass is 346 g/mol. The van der Waals surface area contributed by atoms with Crippen LogP contribution in [0.2, 0.25) is 0 Å². The number of likely N-dealkylation sites (tertiary alicyclic amines) is 1. The molecule has 0 bridgehead atoms. The number of carbonyl (C=O) groups excluding carboxylic acids is 2. The second-order valence-electron chi connectivity index (χ2n) is 7.84. The van der Waals surface area contributed by atoms with E-state index in [1.54, 1.807) is 0 Å². The number of carbonyl (C=O) groups is 2. The highest BCUT2D eigenvalue weighted by Gasteiger charge is 2.37. The normalized spacial score (nSPS) is 20.8. The van der Waals surface area contributed by atoms with Crippen molar-refractivity contribution in [3.63, 3.8) is 0 Å². The van der Waals surface area contributed by atoms with Gasteiger partial charge in [-0.15, -0.1) is 0 Å². The molecule has 1 N–H and O–H groups in total. The van der Waals surface area contributed by atoms with Crippen molar-refractivity contribution in [3.8, 4) is 11.1 Å². The van der Waals surface area contributed by atoms with Crippen LogP contribution in [0.15, 0.2) is 42.5 Å². The number of nitrogens with zero attached hydrogens (tertiary/aromatic N) is 1. The molecule has 2 aromatic carbocycles. The van der Waals surface area contributed by atoms with E-state index >= 15 is 0 Å². The van der Waals surface area contributed by atoms with Crippen molar-refractivity contribution in [1.29, 1.82) is 0 Å². The molecule has 26 heavy (non-hydrogen) atoms. The highest BCUT2D eigenvalue weighted by Crippen LogP contribution is 2.38. The molecule has 2 fully saturated rings. The lowest BCUT2D eigenvalue weighted by atomic mass is 10.0. The van der Waals surface area contributed by atoms with Crippen LogP contribution in [0.3, 0.4) is 0 Å². The van der Waals surface area contributed by atoms with Crippen molar-refractivity contribution >= 4 is 17.5 Å². The summed E-state index contributed by atoms with van der Waals surface area (Å²) in [4.78, 5) is 26.6. The first-order valence-corrected chi connectivity index (χ1v) is 9.47. The summed E-state index contributed by atoms with van der Waals surface area (Å²) in [5, 5.41) is 3.03. The topological polar surface area (TPSA) is 49.4 Å². The van der Waals surface area contributed by atoms with Crippen LogP contribution >= 0.6 is 0 Å². The second kappa shape index (κ2) is 5.97. The van der Waals surface area contributed by atoms with Crippen molar-refractivity contribution in [2.24, 2.45) is 11.8 Å². The quantitative estimate of drug-likeness (QED) is 0.786. The van der Waals surface area contributed by atoms with E-state index in [0.29, 0.717) is 18.9 Å². The number of nitrogens with one attached hydrogen (secondary N) is 1. The number of rotatable bonds is 4. The molecule has 2 amide bonds. The zero-order chi connectivity index (χ0) is 17.7. The van der Waals surface area contributed by atoms with Crippen molar-refractivity contribution in [2.45, 2.75) is 25.7 Å². The molecule has 1 saturated carbocycles. The summed E-state index contributed by atoms with van der Waals surface area (Å²) in [6.45, 7) is 1.40. The molecule has 4 nitrogen and oxygen atoms in total. The van der Waals surface area contributed by atoms with Gasteiger partial charge in [0.2, 0.25) is 11.8 Å². The Hall–Kier alpha value is -2.62. The zero-order valence-electron chi connectivity index (χ0n) is 14.7. The van der Waals surface area contributed by atoms with Crippen LogP contribution in [-0.4, -0.2) is 29.8 Å². The smallest absolute Gasteiger partial charge is 0.229 e. The van der Waals surface area contributed by atoms with Gasteiger partial charge in [0.15, 0.2) is 0 Å². The summed E-state index contributed by atoms with van der Waals surface area (Å²) in [5.41, 5.74) is 5.96. The van der Waals surface area contributed by atoms with Gasteiger partial charge in [0.1, 0.15) is 0 Å². The summed E-state index contributed by atoms with van der Waals surface area (Å²) in [6.07, 6.45) is 3.69. The molecule has 3 aliphatic rings. The molecule has 2 aliphatic carbocycles. The Morgan fingerprint density at radius 2 is 1.88 bits per heavy atom. The molecule has 0 radical (unpaired) electrons. The van der Waals surface area contributed by atoms with Crippen LogP contribution in [0.1, 0.15) is 30.4 Å². The summed E-state index contributed by atoms with van der Waals surface area (Å²) in [7, 11) is 0. The van der Waals surface area contributed by atoms with Crippen LogP contribution in [-0.2, 0) is 16.0 Å². The van der Waals surface area contributed by atoms with E-state index in [2.05, 4.69) is 41.7 Å². The largest absolute Gasteiger partial charge is 0.342 e. The van der Waals surface area contributed by atoms with Gasteiger partial charge in [-0.25, -0.2) is 0 Å². The maximum absolute atomic E-state index is 12.6. The Bertz CT molecular complexity index is 901. The van der Waals surface area contributed by atoms with Crippen molar-refractivity contribution in [1.82, 2.24) is 4.90 Å². The van der Waals surface area contributed by atoms with Crippen molar-refractivity contribution in [3.05, 3.63) is 53.6 Å². The number of hydrogen-bond donors (Lipinski definition) is 1. The first-order chi connectivity index (χ1) is 12.7. The number of fused-ring (bicyclic) bond motifs is 3. The third-order valence-corrected chi connectivity index (χ3v) is 5.82. The van der Waals surface area contributed by atoms with E-state index in [9.17, 15) is 9.59 Å². The summed E-state index contributed by atoms with van der Waals surface area (Å²) in [5.74, 6) is 0.527. The fraction of sp³-hybridized carbons (Fsp3) is 0.364. The first kappa shape index (κ1) is 15.6. The fourth-order valence-electron chi connectivity index (χ4n) is 4.20. The van der Waals surface area contributed by atoms with Gasteiger partial charge in [-0.3, -0.25) is 9.59 Å². The number of amides is 2. The lowest BCUT2D eigenvalue weighted by Crippen LogP contribution is -2.29. The highest BCUT2D eigenvalue weighted by molar-refractivity contribution is 5.97. The molecule has 0 spiro atoms. The van der Waals surface area contributed by atoms with Gasteiger partial charge in [0.25, 0.3) is 0 Å². The summed E-state index contributed by atoms with van der Waals surface area (Å²) >= 11 is 0. The Kier molecular flexibility index (Phi) is 3.59. The Labute approximate surface area is 153 Å². The minimum Gasteiger partial charge on any atom is -0.342 e. The van der Waals surface area contributed by atoms with Crippen LogP contribution < -0.4 is 5.32 Å². The first-order valence-electron chi connectivity index (χ1n) is 9.47. The van der Waals surface area contributed by atoms with Crippen LogP contribution in [0.5, 0.6) is 0 Å². The van der Waals surface area contributed by atoms with Gasteiger partial charge >= 0.3 is 0 Å². The van der Waals surface area contributed by atoms with Gasteiger partial charge in [0.05, 0.1) is 5.92 Å². The third kappa shape index (κ3) is 2.79. The molecule has 1 unspecified atom stereocenters. The van der Waals surface area contributed by atoms with E-state index < -0.39 is 0 Å². The Morgan fingerprint density at radius 1 is 1.08 bits per heavy atom. The molecule has 0 aromatic heterocycles. The van der Waals surface area contributed by atoms with Crippen molar-refractivity contribution in [2.75, 3.05) is 18.4 Å². The molecule has 4 heteroatoms. The van der Waals surface area contributed by atoms with E-state index in [0.717, 1.165) is 18.7 Å². The van der Waals surface area contributed by atoms with Crippen molar-refractivity contribution < 1.29 is 9.59 Å². The maximum Gasteiger partial charge on any atom is 0.229 e. The average molecular weight is 346 g/mol. The van der Waals surface area contributed by atoms with E-state index in [4.69, 9.17) is 0 Å². The van der Waals surface area contributed by atoms with Gasteiger partial charge in [0, 0.05) is 25.2 Å². The maximum atomic E-state index is 12.6. The number of benzene rings is 2. The Morgan fingerprint density at radius 3 is 2.73 bits per heavy atom. The summed E-state index contributed by atoms with van der Waals surface area (Å²) in [6, 6.07) is 14.6. The second-order valence-corrected chi connectivity index (χ2v) is 7.84. The lowest BCUT2D eigenvalue weighted by Gasteiger charge is -2.16. The Balaban J connectivity index is 1.28. The van der Waals surface area contributed by atoms with Crippen LogP contribution in [0, 0.1) is 11.8 Å². The zero-order valence-corrected chi connectivity index (χ0v) is 14.7. The summed E-state index contributed by atoms with van der Waals surface area (Å²) < 4.78 is 0. The average Bonchev–Trinajstić information content (AvgIpc) is 3.27. The van der Waals surface area contributed by atoms with E-state index in [-0.39, 0.29) is 17.7 Å². The molecule has 1 atom stereocenters. The fourth-order valence-corrected chi connectivity index (χ4v) is 4.20. The highest BCUT2D eigenvalue weighted by atomic mass is 16.2. The SMILES string of the molecule is O=C(Nc1ccc2c(c1)Cc1ccccc1-2)C1CC(=O)N(CC2CC2)C1. The molecule has 5 rings (SSSR count). The van der Waals surface area contributed by atoms with Gasteiger partial charge in [-0.2, -0.15) is 0 Å². The minimum atomic E-state index is -0.230. The van der Waals surface area contributed by atoms with E-state index in [1.165, 1.54) is 35.1 Å². The third-order valence-electron chi connectivity index (χ3n) is 5.82. The molecule has 1 heterocycles. The molecule has 1 saturated heterocycles. The molecular formula is C22H22N2O2. The van der Waals surface area contributed by atoms with Crippen LogP contribution in [0.4, 0.5) is 5.69 Å². The molecule has 132 valence electrons. The van der Waals surface area contributed by atoms with Gasteiger partial charge in [-0.1, -0.05) is 30.3 Å². The lowest BCUT2D eigenvalue weighted by molar-refractivity contribution is -0.128. The standard InChI is InChI=1S/C22H22N2O2/c25-21-11-17(13-24(21)12-14-5-6-14)22(26)23-18-7-8-20-16(10-18)9-15-3-1-2-4-19(15)20/h1-4,7-8,10,14,17H,5-6,9,11-13H2,(H,23,26). The van der Waals surface area contributed by atoms with Gasteiger partial charge < -0.3 is 10.2 Å². The number of anilines is 1. The van der Waals surface area contributed by atoms with E-state index in [1.807, 2.05) is 11.0 Å².